The van der Waals surface area contributed by atoms with E-state index in [1.807, 2.05) is 0 Å². The van der Waals surface area contributed by atoms with E-state index in [2.05, 4.69) is 39.8 Å². The summed E-state index contributed by atoms with van der Waals surface area (Å²) < 4.78 is 0. The predicted octanol–water partition coefficient (Wildman–Crippen LogP) is 8.27. The number of hydrogen-bond donors (Lipinski definition) is 0. The smallest absolute Gasteiger partial charge is 0.0174 e. The fraction of sp³-hybridized carbons (Fsp3) is 0.926. The normalized spacial score (nSPS) is 43.5. The van der Waals surface area contributed by atoms with E-state index in [0.29, 0.717) is 0 Å². The van der Waals surface area contributed by atoms with Crippen molar-refractivity contribution in [1.29, 1.82) is 0 Å². The van der Waals surface area contributed by atoms with Gasteiger partial charge in [0.25, 0.3) is 0 Å². The van der Waals surface area contributed by atoms with Gasteiger partial charge in [0.1, 0.15) is 0 Å². The Morgan fingerprint density at radius 3 is 2.48 bits per heavy atom. The fourth-order valence-electron chi connectivity index (χ4n) is 7.97. The maximum Gasteiger partial charge on any atom is -0.0174 e. The van der Waals surface area contributed by atoms with Crippen LogP contribution in [0.1, 0.15) is 105 Å². The average Bonchev–Trinajstić information content (AvgIpc) is 3.53. The Bertz CT molecular complexity index is 512. The molecule has 4 fully saturated rings. The summed E-state index contributed by atoms with van der Waals surface area (Å²) in [5, 5.41) is 0. The first-order valence-corrected chi connectivity index (χ1v) is 12.7. The minimum absolute atomic E-state index is 0.768. The molecule has 1 spiro atoms. The molecule has 0 N–H and O–H groups in total. The van der Waals surface area contributed by atoms with Crippen LogP contribution >= 0.6 is 0 Å². The Kier molecular flexibility index (Phi) is 6.11. The largest absolute Gasteiger partial charge is 0.0914 e. The lowest BCUT2D eigenvalue weighted by atomic mass is 9.72. The highest BCUT2D eigenvalue weighted by Gasteiger charge is 2.71. The van der Waals surface area contributed by atoms with Crippen molar-refractivity contribution >= 4 is 0 Å². The van der Waals surface area contributed by atoms with Gasteiger partial charge in [0, 0.05) is 0 Å². The monoisotopic (exact) mass is 370 g/mol. The van der Waals surface area contributed by atoms with Gasteiger partial charge in [-0.25, -0.2) is 0 Å². The lowest BCUT2D eigenvalue weighted by Crippen LogP contribution is -2.25. The van der Waals surface area contributed by atoms with Crippen LogP contribution < -0.4 is 0 Å². The first kappa shape index (κ1) is 20.0. The number of fused-ring (bicyclic) bond motifs is 3. The molecule has 0 aromatic heterocycles. The van der Waals surface area contributed by atoms with Crippen molar-refractivity contribution in [3.05, 3.63) is 12.2 Å². The highest BCUT2D eigenvalue weighted by Crippen LogP contribution is 2.77. The predicted molar refractivity (Wildman–Crippen MR) is 118 cm³/mol. The Labute approximate surface area is 170 Å². The summed E-state index contributed by atoms with van der Waals surface area (Å²) in [5.74, 6) is 8.13. The van der Waals surface area contributed by atoms with Crippen molar-refractivity contribution in [1.82, 2.24) is 0 Å². The van der Waals surface area contributed by atoms with Gasteiger partial charge in [-0.3, -0.25) is 0 Å². The lowest BCUT2D eigenvalue weighted by Gasteiger charge is -2.33. The van der Waals surface area contributed by atoms with Crippen LogP contribution in [-0.2, 0) is 0 Å². The van der Waals surface area contributed by atoms with Crippen molar-refractivity contribution in [3.8, 4) is 0 Å². The van der Waals surface area contributed by atoms with Crippen molar-refractivity contribution < 1.29 is 0 Å². The third kappa shape index (κ3) is 3.93. The van der Waals surface area contributed by atoms with E-state index in [-0.39, 0.29) is 0 Å². The highest BCUT2D eigenvalue weighted by atomic mass is 14.8. The third-order valence-electron chi connectivity index (χ3n) is 9.53. The minimum Gasteiger partial charge on any atom is -0.0914 e. The van der Waals surface area contributed by atoms with E-state index in [1.54, 1.807) is 19.3 Å². The summed E-state index contributed by atoms with van der Waals surface area (Å²) in [7, 11) is 0. The molecule has 154 valence electrons. The molecule has 0 aromatic rings. The molecular formula is C27H46. The first-order valence-electron chi connectivity index (χ1n) is 12.7. The molecule has 0 amide bonds. The van der Waals surface area contributed by atoms with Gasteiger partial charge in [-0.1, -0.05) is 71.4 Å². The van der Waals surface area contributed by atoms with E-state index < -0.39 is 0 Å². The molecule has 7 unspecified atom stereocenters. The molecular weight excluding hydrogens is 324 g/mol. The summed E-state index contributed by atoms with van der Waals surface area (Å²) >= 11 is 0. The van der Waals surface area contributed by atoms with Gasteiger partial charge in [0.05, 0.1) is 0 Å². The van der Waals surface area contributed by atoms with Crippen LogP contribution in [0.15, 0.2) is 12.2 Å². The Morgan fingerprint density at radius 2 is 1.78 bits per heavy atom. The van der Waals surface area contributed by atoms with E-state index in [4.69, 9.17) is 0 Å². The van der Waals surface area contributed by atoms with Gasteiger partial charge in [-0.15, -0.1) is 0 Å². The van der Waals surface area contributed by atoms with E-state index >= 15 is 0 Å². The van der Waals surface area contributed by atoms with Crippen LogP contribution in [0, 0.1) is 52.8 Å². The second-order valence-corrected chi connectivity index (χ2v) is 11.5. The van der Waals surface area contributed by atoms with Gasteiger partial charge in [0.15, 0.2) is 0 Å². The topological polar surface area (TPSA) is 0 Å². The van der Waals surface area contributed by atoms with Crippen LogP contribution in [0.3, 0.4) is 0 Å². The molecule has 0 heteroatoms. The number of rotatable bonds is 6. The molecule has 4 aliphatic carbocycles. The van der Waals surface area contributed by atoms with Crippen LogP contribution in [0.2, 0.25) is 0 Å². The quantitative estimate of drug-likeness (QED) is 0.413. The summed E-state index contributed by atoms with van der Waals surface area (Å²) in [6.07, 6.45) is 23.3. The molecule has 0 heterocycles. The SMILES string of the molecule is CC=CC(C1CC1)C1CCC2C1C21CCCCC(CCC(C)C)CCC1C. The molecule has 0 aliphatic heterocycles. The standard InChI is InChI=1S/C27H46/c1-5-8-23(22-14-15-22)24-16-17-25-26(24)27(25)18-7-6-9-21(12-10-19(2)3)13-11-20(27)4/h5,8,19-26H,6-7,9-18H2,1-4H3. The number of allylic oxidation sites excluding steroid dienone is 2. The van der Waals surface area contributed by atoms with E-state index in [0.717, 1.165) is 52.8 Å². The van der Waals surface area contributed by atoms with Gasteiger partial charge < -0.3 is 0 Å². The summed E-state index contributed by atoms with van der Waals surface area (Å²) in [5.41, 5.74) is 0.768. The number of hydrogen-bond acceptors (Lipinski definition) is 0. The van der Waals surface area contributed by atoms with Crippen molar-refractivity contribution in [2.75, 3.05) is 0 Å². The van der Waals surface area contributed by atoms with Crippen molar-refractivity contribution in [2.45, 2.75) is 105 Å². The van der Waals surface area contributed by atoms with Crippen LogP contribution in [0.25, 0.3) is 0 Å². The molecule has 4 aliphatic rings. The fourth-order valence-corrected chi connectivity index (χ4v) is 7.97. The third-order valence-corrected chi connectivity index (χ3v) is 9.53. The Balaban J connectivity index is 1.42. The molecule has 7 atom stereocenters. The maximum atomic E-state index is 2.67. The van der Waals surface area contributed by atoms with Crippen LogP contribution in [-0.4, -0.2) is 0 Å². The summed E-state index contributed by atoms with van der Waals surface area (Å²) in [6.45, 7) is 9.73. The Morgan fingerprint density at radius 1 is 0.963 bits per heavy atom. The lowest BCUT2D eigenvalue weighted by molar-refractivity contribution is 0.172. The van der Waals surface area contributed by atoms with Gasteiger partial charge >= 0.3 is 0 Å². The zero-order chi connectivity index (χ0) is 19.0. The molecule has 0 nitrogen and oxygen atoms in total. The molecule has 4 saturated carbocycles. The maximum absolute atomic E-state index is 2.67. The molecule has 0 bridgehead atoms. The van der Waals surface area contributed by atoms with Crippen LogP contribution in [0.4, 0.5) is 0 Å². The summed E-state index contributed by atoms with van der Waals surface area (Å²) in [4.78, 5) is 0. The zero-order valence-electron chi connectivity index (χ0n) is 18.8. The van der Waals surface area contributed by atoms with E-state index in [1.165, 1.54) is 57.8 Å². The zero-order valence-corrected chi connectivity index (χ0v) is 18.8. The molecule has 0 saturated heterocycles. The second-order valence-electron chi connectivity index (χ2n) is 11.5. The minimum atomic E-state index is 0.768. The van der Waals surface area contributed by atoms with Crippen molar-refractivity contribution in [3.63, 3.8) is 0 Å². The van der Waals surface area contributed by atoms with Gasteiger partial charge in [0.2, 0.25) is 0 Å². The molecule has 0 radical (unpaired) electrons. The van der Waals surface area contributed by atoms with E-state index in [9.17, 15) is 0 Å². The summed E-state index contributed by atoms with van der Waals surface area (Å²) in [6, 6.07) is 0. The molecule has 4 rings (SSSR count). The molecule has 0 aromatic carbocycles. The van der Waals surface area contributed by atoms with Crippen molar-refractivity contribution in [2.24, 2.45) is 52.8 Å². The van der Waals surface area contributed by atoms with Gasteiger partial charge in [-0.05, 0) is 98.2 Å². The average molecular weight is 371 g/mol. The van der Waals surface area contributed by atoms with Crippen LogP contribution in [0.5, 0.6) is 0 Å². The first-order chi connectivity index (χ1) is 13.1. The Hall–Kier alpha value is -0.260. The second kappa shape index (κ2) is 8.23. The molecule has 27 heavy (non-hydrogen) atoms. The van der Waals surface area contributed by atoms with Gasteiger partial charge in [-0.2, -0.15) is 0 Å². The highest BCUT2D eigenvalue weighted by molar-refractivity contribution is 5.20.